The molecule has 0 N–H and O–H groups in total. The van der Waals surface area contributed by atoms with Gasteiger partial charge in [-0.1, -0.05) is 66.6 Å². The van der Waals surface area contributed by atoms with Crippen LogP contribution in [-0.4, -0.2) is 0 Å². The lowest BCUT2D eigenvalue weighted by molar-refractivity contribution is 0.564. The summed E-state index contributed by atoms with van der Waals surface area (Å²) in [5.74, 6) is -1.98. The van der Waals surface area contributed by atoms with Gasteiger partial charge in [0.05, 0.1) is 0 Å². The molecule has 2 atom stereocenters. The van der Waals surface area contributed by atoms with Gasteiger partial charge in [-0.2, -0.15) is 0 Å². The molecule has 0 radical (unpaired) electrons. The molecule has 90 valence electrons. The van der Waals surface area contributed by atoms with Crippen molar-refractivity contribution in [2.45, 2.75) is 65.6 Å². The van der Waals surface area contributed by atoms with Crippen molar-refractivity contribution in [2.24, 2.45) is 0 Å². The first-order valence-electron chi connectivity index (χ1n) is 8.12. The Kier molecular flexibility index (Phi) is 2.40. The van der Waals surface area contributed by atoms with Crippen molar-refractivity contribution in [3.8, 4) is 0 Å². The molecule has 0 amide bonds. The van der Waals surface area contributed by atoms with Gasteiger partial charge in [-0.25, -0.2) is 0 Å². The second kappa shape index (κ2) is 4.61. The Bertz CT molecular complexity index is 436. The van der Waals surface area contributed by atoms with Crippen molar-refractivity contribution in [1.82, 2.24) is 0 Å². The highest BCUT2D eigenvalue weighted by Gasteiger charge is 2.23. The molecule has 2 unspecified atom stereocenters. The molecule has 16 heavy (non-hydrogen) atoms. The first kappa shape index (κ1) is 8.33. The molecule has 0 fully saturated rings. The van der Waals surface area contributed by atoms with Crippen molar-refractivity contribution in [3.05, 3.63) is 34.9 Å². The van der Waals surface area contributed by atoms with Gasteiger partial charge in [0, 0.05) is 5.48 Å². The lowest BCUT2D eigenvalue weighted by Crippen LogP contribution is -2.18. The topological polar surface area (TPSA) is 0 Å². The standard InChI is InChI=1S/C16H26/c1-11(2)13-9-8-10-14(12(3)4)15(13)16(5,6)7/h8-12H,1-7H3/i1D,3D,11D,12D. The first-order valence-corrected chi connectivity index (χ1v) is 5.70. The van der Waals surface area contributed by atoms with Gasteiger partial charge >= 0.3 is 0 Å². The van der Waals surface area contributed by atoms with E-state index >= 15 is 0 Å². The fourth-order valence-corrected chi connectivity index (χ4v) is 2.07. The SMILES string of the molecule is [2H]CC([2H])(C)c1cccc(C([2H])(C)C[2H])c1C(C)(C)C. The highest BCUT2D eigenvalue weighted by atomic mass is 14.3. The minimum atomic E-state index is -0.989. The van der Waals surface area contributed by atoms with Crippen molar-refractivity contribution in [2.75, 3.05) is 0 Å². The molecule has 0 saturated heterocycles. The molecular weight excluding hydrogens is 192 g/mol. The van der Waals surface area contributed by atoms with E-state index in [1.165, 1.54) is 0 Å². The second-order valence-corrected chi connectivity index (χ2v) is 5.54. The molecule has 0 aliphatic rings. The third-order valence-corrected chi connectivity index (χ3v) is 2.73. The third-order valence-electron chi connectivity index (χ3n) is 2.73. The molecule has 0 heterocycles. The Balaban J connectivity index is 3.69. The van der Waals surface area contributed by atoms with Crippen LogP contribution in [0.5, 0.6) is 0 Å². The molecular formula is C16H26. The van der Waals surface area contributed by atoms with Crippen LogP contribution < -0.4 is 0 Å². The lowest BCUT2D eigenvalue weighted by atomic mass is 9.75. The fourth-order valence-electron chi connectivity index (χ4n) is 2.07. The van der Waals surface area contributed by atoms with E-state index in [9.17, 15) is 0 Å². The zero-order valence-electron chi connectivity index (χ0n) is 15.1. The summed E-state index contributed by atoms with van der Waals surface area (Å²) >= 11 is 0. The van der Waals surface area contributed by atoms with Crippen LogP contribution in [0.2, 0.25) is 0 Å². The van der Waals surface area contributed by atoms with Crippen molar-refractivity contribution in [3.63, 3.8) is 0 Å². The Morgan fingerprint density at radius 1 is 1.06 bits per heavy atom. The Morgan fingerprint density at radius 2 is 1.50 bits per heavy atom. The zero-order valence-corrected chi connectivity index (χ0v) is 11.1. The van der Waals surface area contributed by atoms with Gasteiger partial charge in [-0.05, 0) is 33.9 Å². The maximum absolute atomic E-state index is 8.40. The van der Waals surface area contributed by atoms with Crippen molar-refractivity contribution < 1.29 is 5.48 Å². The Labute approximate surface area is 107 Å². The summed E-state index contributed by atoms with van der Waals surface area (Å²) in [5.41, 5.74) is 2.35. The maximum atomic E-state index is 8.40. The summed E-state index contributed by atoms with van der Waals surface area (Å²) in [6, 6.07) is 5.64. The molecule has 0 heteroatoms. The van der Waals surface area contributed by atoms with Crippen LogP contribution in [-0.2, 0) is 5.41 Å². The van der Waals surface area contributed by atoms with Crippen molar-refractivity contribution in [1.29, 1.82) is 0 Å². The highest BCUT2D eigenvalue weighted by molar-refractivity contribution is 5.43. The predicted molar refractivity (Wildman–Crippen MR) is 73.3 cm³/mol. The molecule has 0 nitrogen and oxygen atoms in total. The van der Waals surface area contributed by atoms with E-state index < -0.39 is 11.8 Å². The van der Waals surface area contributed by atoms with Gasteiger partial charge < -0.3 is 0 Å². The number of rotatable bonds is 2. The Hall–Kier alpha value is -0.780. The van der Waals surface area contributed by atoms with E-state index in [0.717, 1.165) is 16.7 Å². The zero-order chi connectivity index (χ0) is 15.8. The molecule has 1 aromatic rings. The van der Waals surface area contributed by atoms with Crippen LogP contribution in [0.25, 0.3) is 0 Å². The van der Waals surface area contributed by atoms with Gasteiger partial charge in [0.25, 0.3) is 0 Å². The Morgan fingerprint density at radius 3 is 1.81 bits per heavy atom. The summed E-state index contributed by atoms with van der Waals surface area (Å²) in [6.45, 7) is 9.65. The van der Waals surface area contributed by atoms with Gasteiger partial charge in [0.15, 0.2) is 0 Å². The molecule has 0 spiro atoms. The van der Waals surface area contributed by atoms with Crippen LogP contribution in [0.4, 0.5) is 0 Å². The highest BCUT2D eigenvalue weighted by Crippen LogP contribution is 2.36. The van der Waals surface area contributed by atoms with Gasteiger partial charge in [-0.15, -0.1) is 0 Å². The molecule has 0 aliphatic carbocycles. The average Bonchev–Trinajstić information content (AvgIpc) is 2.36. The normalized spacial score (nSPS) is 23.3. The maximum Gasteiger partial charge on any atom is 0.0347 e. The van der Waals surface area contributed by atoms with E-state index in [4.69, 9.17) is 5.48 Å². The van der Waals surface area contributed by atoms with Gasteiger partial charge in [0.2, 0.25) is 0 Å². The molecule has 0 aliphatic heterocycles. The van der Waals surface area contributed by atoms with E-state index in [-0.39, 0.29) is 19.2 Å². The summed E-state index contributed by atoms with van der Waals surface area (Å²) < 4.78 is 32.1. The number of hydrogen-bond acceptors (Lipinski definition) is 0. The monoisotopic (exact) mass is 222 g/mol. The van der Waals surface area contributed by atoms with Crippen LogP contribution in [0.3, 0.4) is 0 Å². The minimum absolute atomic E-state index is 0.0187. The first-order chi connectivity index (χ1) is 8.97. The second-order valence-electron chi connectivity index (χ2n) is 5.54. The van der Waals surface area contributed by atoms with E-state index in [1.807, 2.05) is 18.2 Å². The fraction of sp³-hybridized carbons (Fsp3) is 0.625. The number of hydrogen-bond donors (Lipinski definition) is 0. The molecule has 1 aromatic carbocycles. The van der Waals surface area contributed by atoms with E-state index in [2.05, 4.69) is 20.8 Å². The quantitative estimate of drug-likeness (QED) is 0.642. The van der Waals surface area contributed by atoms with Gasteiger partial charge in [-0.3, -0.25) is 0 Å². The molecule has 0 saturated carbocycles. The van der Waals surface area contributed by atoms with E-state index in [0.29, 0.717) is 0 Å². The summed E-state index contributed by atoms with van der Waals surface area (Å²) in [7, 11) is 0. The largest absolute Gasteiger partial charge is 0.0617 e. The number of benzene rings is 1. The third kappa shape index (κ3) is 2.66. The van der Waals surface area contributed by atoms with E-state index in [1.54, 1.807) is 13.8 Å². The van der Waals surface area contributed by atoms with Crippen LogP contribution in [0.15, 0.2) is 18.2 Å². The minimum Gasteiger partial charge on any atom is -0.0617 e. The summed E-state index contributed by atoms with van der Waals surface area (Å²) in [4.78, 5) is 0. The average molecular weight is 222 g/mol. The summed E-state index contributed by atoms with van der Waals surface area (Å²) in [6.07, 6.45) is 0. The molecule has 0 bridgehead atoms. The van der Waals surface area contributed by atoms with Gasteiger partial charge in [0.1, 0.15) is 0 Å². The molecule has 0 aromatic heterocycles. The molecule has 1 rings (SSSR count). The summed E-state index contributed by atoms with van der Waals surface area (Å²) in [5, 5.41) is 0. The lowest BCUT2D eigenvalue weighted by Gasteiger charge is -2.29. The van der Waals surface area contributed by atoms with Crippen LogP contribution in [0, 0.1) is 0 Å². The smallest absolute Gasteiger partial charge is 0.0347 e. The van der Waals surface area contributed by atoms with Crippen LogP contribution >= 0.6 is 0 Å². The van der Waals surface area contributed by atoms with Crippen molar-refractivity contribution >= 4 is 0 Å². The predicted octanol–water partition coefficient (Wildman–Crippen LogP) is 5.23. The van der Waals surface area contributed by atoms with Crippen LogP contribution in [0.1, 0.15) is 82.4 Å².